The number of phenolic OH excluding ortho intramolecular Hbond substituents is 1. The van der Waals surface area contributed by atoms with E-state index < -0.39 is 0 Å². The van der Waals surface area contributed by atoms with E-state index in [9.17, 15) is 5.11 Å². The average molecular weight is 237 g/mol. The highest BCUT2D eigenvalue weighted by Crippen LogP contribution is 2.25. The number of rotatable bonds is 1. The molecule has 0 amide bonds. The van der Waals surface area contributed by atoms with Crippen molar-refractivity contribution in [3.63, 3.8) is 0 Å². The smallest absolute Gasteiger partial charge is 0.115 e. The quantitative estimate of drug-likeness (QED) is 0.776. The van der Waals surface area contributed by atoms with Gasteiger partial charge in [0.1, 0.15) is 5.75 Å². The molecule has 2 N–H and O–H groups in total. The standard InChI is InChI=1S/C11H15NO.2C2H6/c13-11-5-1-3-9(7-11)10-4-2-6-12-8-10;2*1-2/h1,3,5,7,10,12-13H,2,4,6,8H2;2*1-2H3. The maximum absolute atomic E-state index is 9.32. The first-order valence-electron chi connectivity index (χ1n) is 6.86. The van der Waals surface area contributed by atoms with E-state index in [0.29, 0.717) is 11.7 Å². The number of phenols is 1. The van der Waals surface area contributed by atoms with Gasteiger partial charge in [-0.2, -0.15) is 0 Å². The zero-order valence-electron chi connectivity index (χ0n) is 11.7. The van der Waals surface area contributed by atoms with Crippen LogP contribution in [0, 0.1) is 0 Å². The van der Waals surface area contributed by atoms with Gasteiger partial charge in [0.2, 0.25) is 0 Å². The first-order chi connectivity index (χ1) is 8.36. The molecule has 17 heavy (non-hydrogen) atoms. The number of hydrogen-bond acceptors (Lipinski definition) is 2. The Balaban J connectivity index is 0.000000581. The summed E-state index contributed by atoms with van der Waals surface area (Å²) in [7, 11) is 0. The fourth-order valence-electron chi connectivity index (χ4n) is 1.92. The highest BCUT2D eigenvalue weighted by atomic mass is 16.3. The Hall–Kier alpha value is -1.02. The van der Waals surface area contributed by atoms with Crippen molar-refractivity contribution < 1.29 is 5.11 Å². The van der Waals surface area contributed by atoms with Crippen molar-refractivity contribution in [2.45, 2.75) is 46.5 Å². The molecule has 1 unspecified atom stereocenters. The molecule has 2 heteroatoms. The predicted octanol–water partition coefficient (Wildman–Crippen LogP) is 3.91. The van der Waals surface area contributed by atoms with E-state index in [-0.39, 0.29) is 0 Å². The molecule has 0 saturated carbocycles. The molecular formula is C15H27NO. The van der Waals surface area contributed by atoms with Crippen molar-refractivity contribution in [1.82, 2.24) is 5.32 Å². The molecule has 1 saturated heterocycles. The fourth-order valence-corrected chi connectivity index (χ4v) is 1.92. The maximum atomic E-state index is 9.32. The summed E-state index contributed by atoms with van der Waals surface area (Å²) in [5, 5.41) is 12.7. The van der Waals surface area contributed by atoms with E-state index in [0.717, 1.165) is 13.1 Å². The van der Waals surface area contributed by atoms with Gasteiger partial charge in [-0.25, -0.2) is 0 Å². The fraction of sp³-hybridized carbons (Fsp3) is 0.600. The van der Waals surface area contributed by atoms with Crippen molar-refractivity contribution in [1.29, 1.82) is 0 Å². The van der Waals surface area contributed by atoms with Crippen LogP contribution in [-0.4, -0.2) is 18.2 Å². The highest BCUT2D eigenvalue weighted by Gasteiger charge is 2.14. The molecule has 1 heterocycles. The lowest BCUT2D eigenvalue weighted by Crippen LogP contribution is -2.28. The maximum Gasteiger partial charge on any atom is 0.115 e. The first kappa shape index (κ1) is 16.0. The Kier molecular flexibility index (Phi) is 9.55. The Bertz CT molecular complexity index is 280. The van der Waals surface area contributed by atoms with Gasteiger partial charge in [0.15, 0.2) is 0 Å². The molecule has 0 radical (unpaired) electrons. The molecule has 0 aliphatic carbocycles. The minimum atomic E-state index is 0.378. The third-order valence-electron chi connectivity index (χ3n) is 2.64. The summed E-state index contributed by atoms with van der Waals surface area (Å²) in [6, 6.07) is 7.61. The van der Waals surface area contributed by atoms with Crippen LogP contribution < -0.4 is 5.32 Å². The van der Waals surface area contributed by atoms with Crippen molar-refractivity contribution in [2.24, 2.45) is 0 Å². The van der Waals surface area contributed by atoms with Crippen LogP contribution in [0.2, 0.25) is 0 Å². The SMILES string of the molecule is CC.CC.Oc1cccc(C2CCCNC2)c1. The lowest BCUT2D eigenvalue weighted by Gasteiger charge is -2.23. The van der Waals surface area contributed by atoms with E-state index >= 15 is 0 Å². The molecule has 1 aliphatic rings. The van der Waals surface area contributed by atoms with Gasteiger partial charge in [-0.1, -0.05) is 39.8 Å². The topological polar surface area (TPSA) is 32.3 Å². The van der Waals surface area contributed by atoms with Crippen molar-refractivity contribution >= 4 is 0 Å². The second-order valence-corrected chi connectivity index (χ2v) is 3.64. The molecule has 1 aliphatic heterocycles. The van der Waals surface area contributed by atoms with Crippen LogP contribution in [0.25, 0.3) is 0 Å². The summed E-state index contributed by atoms with van der Waals surface area (Å²) >= 11 is 0. The van der Waals surface area contributed by atoms with Crippen LogP contribution in [0.1, 0.15) is 52.0 Å². The Morgan fingerprint density at radius 1 is 1.18 bits per heavy atom. The van der Waals surface area contributed by atoms with E-state index in [2.05, 4.69) is 11.4 Å². The molecule has 1 atom stereocenters. The highest BCUT2D eigenvalue weighted by molar-refractivity contribution is 5.30. The molecule has 2 nitrogen and oxygen atoms in total. The van der Waals surface area contributed by atoms with E-state index in [4.69, 9.17) is 0 Å². The van der Waals surface area contributed by atoms with Crippen LogP contribution in [0.4, 0.5) is 0 Å². The van der Waals surface area contributed by atoms with Crippen LogP contribution in [0.3, 0.4) is 0 Å². The first-order valence-corrected chi connectivity index (χ1v) is 6.86. The molecule has 1 fully saturated rings. The van der Waals surface area contributed by atoms with Gasteiger partial charge in [-0.15, -0.1) is 0 Å². The zero-order chi connectivity index (χ0) is 13.1. The average Bonchev–Trinajstić information content (AvgIpc) is 2.44. The third-order valence-corrected chi connectivity index (χ3v) is 2.64. The lowest BCUT2D eigenvalue weighted by atomic mass is 9.92. The van der Waals surface area contributed by atoms with Gasteiger partial charge in [0.25, 0.3) is 0 Å². The summed E-state index contributed by atoms with van der Waals surface area (Å²) < 4.78 is 0. The Labute approximate surface area is 106 Å². The molecule has 0 spiro atoms. The molecule has 0 aromatic heterocycles. The number of aromatic hydroxyl groups is 1. The summed E-state index contributed by atoms with van der Waals surface area (Å²) in [5.74, 6) is 0.962. The number of benzene rings is 1. The molecular weight excluding hydrogens is 210 g/mol. The Morgan fingerprint density at radius 2 is 1.88 bits per heavy atom. The third kappa shape index (κ3) is 5.73. The van der Waals surface area contributed by atoms with Crippen LogP contribution >= 0.6 is 0 Å². The largest absolute Gasteiger partial charge is 0.508 e. The van der Waals surface area contributed by atoms with E-state index in [1.807, 2.05) is 39.8 Å². The normalized spacial score (nSPS) is 18.2. The second-order valence-electron chi connectivity index (χ2n) is 3.64. The molecule has 2 rings (SSSR count). The predicted molar refractivity (Wildman–Crippen MR) is 75.6 cm³/mol. The van der Waals surface area contributed by atoms with Crippen molar-refractivity contribution in [3.05, 3.63) is 29.8 Å². The summed E-state index contributed by atoms with van der Waals surface area (Å²) in [6.07, 6.45) is 2.47. The van der Waals surface area contributed by atoms with Crippen LogP contribution in [-0.2, 0) is 0 Å². The lowest BCUT2D eigenvalue weighted by molar-refractivity contribution is 0.452. The molecule has 1 aromatic rings. The van der Waals surface area contributed by atoms with E-state index in [1.54, 1.807) is 6.07 Å². The summed E-state index contributed by atoms with van der Waals surface area (Å²) in [4.78, 5) is 0. The van der Waals surface area contributed by atoms with Crippen molar-refractivity contribution in [3.8, 4) is 5.75 Å². The van der Waals surface area contributed by atoms with E-state index in [1.165, 1.54) is 18.4 Å². The number of hydrogen-bond donors (Lipinski definition) is 2. The molecule has 98 valence electrons. The number of piperidine rings is 1. The molecule has 1 aromatic carbocycles. The van der Waals surface area contributed by atoms with Crippen molar-refractivity contribution in [2.75, 3.05) is 13.1 Å². The Morgan fingerprint density at radius 3 is 2.41 bits per heavy atom. The number of nitrogens with one attached hydrogen (secondary N) is 1. The van der Waals surface area contributed by atoms with Crippen LogP contribution in [0.5, 0.6) is 5.75 Å². The zero-order valence-corrected chi connectivity index (χ0v) is 11.7. The minimum absolute atomic E-state index is 0.378. The van der Waals surface area contributed by atoms with Gasteiger partial charge >= 0.3 is 0 Å². The molecule has 0 bridgehead atoms. The van der Waals surface area contributed by atoms with Crippen LogP contribution in [0.15, 0.2) is 24.3 Å². The summed E-state index contributed by atoms with van der Waals surface area (Å²) in [5.41, 5.74) is 1.26. The van der Waals surface area contributed by atoms with Gasteiger partial charge in [-0.3, -0.25) is 0 Å². The minimum Gasteiger partial charge on any atom is -0.508 e. The van der Waals surface area contributed by atoms with Gasteiger partial charge in [-0.05, 0) is 43.0 Å². The second kappa shape index (κ2) is 10.2. The van der Waals surface area contributed by atoms with Gasteiger partial charge in [0.05, 0.1) is 0 Å². The monoisotopic (exact) mass is 237 g/mol. The summed E-state index contributed by atoms with van der Waals surface area (Å²) in [6.45, 7) is 10.2. The van der Waals surface area contributed by atoms with Gasteiger partial charge < -0.3 is 10.4 Å². The van der Waals surface area contributed by atoms with Gasteiger partial charge in [0, 0.05) is 6.54 Å².